The van der Waals surface area contributed by atoms with Crippen molar-refractivity contribution >= 4 is 10.0 Å². The van der Waals surface area contributed by atoms with Crippen LogP contribution in [0.3, 0.4) is 0 Å². The van der Waals surface area contributed by atoms with E-state index < -0.39 is 10.0 Å². The minimum absolute atomic E-state index is 0.215. The summed E-state index contributed by atoms with van der Waals surface area (Å²) < 4.78 is 30.0. The molecule has 2 heterocycles. The highest BCUT2D eigenvalue weighted by atomic mass is 32.2. The zero-order valence-electron chi connectivity index (χ0n) is 12.8. The summed E-state index contributed by atoms with van der Waals surface area (Å²) in [6, 6.07) is 0. The molecule has 0 aliphatic heterocycles. The van der Waals surface area contributed by atoms with Crippen LogP contribution in [0.15, 0.2) is 23.5 Å². The molecule has 0 spiro atoms. The number of rotatable bonds is 6. The standard InChI is InChI=1S/C13H21N5O2S/c1-5-17-8-12(11(3)15-17)9-18(6-2)21(19,20)13-7-14-16(4)10-13/h7-8,10H,5-6,9H2,1-4H3. The summed E-state index contributed by atoms with van der Waals surface area (Å²) in [6.07, 6.45) is 4.79. The van der Waals surface area contributed by atoms with E-state index in [4.69, 9.17) is 0 Å². The van der Waals surface area contributed by atoms with Crippen molar-refractivity contribution in [3.05, 3.63) is 29.8 Å². The van der Waals surface area contributed by atoms with Crippen LogP contribution in [0.4, 0.5) is 0 Å². The van der Waals surface area contributed by atoms with Crippen LogP contribution in [-0.2, 0) is 30.2 Å². The van der Waals surface area contributed by atoms with E-state index in [2.05, 4.69) is 10.2 Å². The van der Waals surface area contributed by atoms with Gasteiger partial charge in [0.25, 0.3) is 0 Å². The first kappa shape index (κ1) is 15.7. The molecule has 0 amide bonds. The highest BCUT2D eigenvalue weighted by molar-refractivity contribution is 7.89. The second-order valence-corrected chi connectivity index (χ2v) is 6.81. The summed E-state index contributed by atoms with van der Waals surface area (Å²) in [6.45, 7) is 7.20. The molecule has 0 atom stereocenters. The van der Waals surface area contributed by atoms with Crippen molar-refractivity contribution in [3.63, 3.8) is 0 Å². The molecule has 2 rings (SSSR count). The Kier molecular flexibility index (Phi) is 4.48. The Labute approximate surface area is 125 Å². The van der Waals surface area contributed by atoms with Gasteiger partial charge in [0.15, 0.2) is 0 Å². The van der Waals surface area contributed by atoms with Gasteiger partial charge >= 0.3 is 0 Å². The molecule has 116 valence electrons. The minimum Gasteiger partial charge on any atom is -0.274 e. The van der Waals surface area contributed by atoms with Crippen molar-refractivity contribution in [2.75, 3.05) is 6.54 Å². The number of nitrogens with zero attached hydrogens (tertiary/aromatic N) is 5. The van der Waals surface area contributed by atoms with Gasteiger partial charge in [-0.25, -0.2) is 8.42 Å². The molecule has 0 aromatic carbocycles. The average molecular weight is 311 g/mol. The second-order valence-electron chi connectivity index (χ2n) is 4.88. The molecule has 0 aliphatic carbocycles. The zero-order chi connectivity index (χ0) is 15.6. The monoisotopic (exact) mass is 311 g/mol. The molecular weight excluding hydrogens is 290 g/mol. The smallest absolute Gasteiger partial charge is 0.246 e. The van der Waals surface area contributed by atoms with Gasteiger partial charge in [-0.05, 0) is 13.8 Å². The lowest BCUT2D eigenvalue weighted by atomic mass is 10.2. The Hall–Kier alpha value is -1.67. The number of hydrogen-bond acceptors (Lipinski definition) is 4. The van der Waals surface area contributed by atoms with Crippen LogP contribution in [0.2, 0.25) is 0 Å². The molecule has 0 saturated carbocycles. The van der Waals surface area contributed by atoms with Gasteiger partial charge in [0.1, 0.15) is 4.90 Å². The van der Waals surface area contributed by atoms with Gasteiger partial charge < -0.3 is 0 Å². The largest absolute Gasteiger partial charge is 0.274 e. The van der Waals surface area contributed by atoms with Crippen molar-refractivity contribution in [1.82, 2.24) is 23.9 Å². The number of hydrogen-bond donors (Lipinski definition) is 0. The van der Waals surface area contributed by atoms with Crippen molar-refractivity contribution in [3.8, 4) is 0 Å². The molecule has 0 fully saturated rings. The maximum absolute atomic E-state index is 12.6. The van der Waals surface area contributed by atoms with Gasteiger partial charge in [-0.1, -0.05) is 6.92 Å². The fraction of sp³-hybridized carbons (Fsp3) is 0.538. The Morgan fingerprint density at radius 3 is 2.48 bits per heavy atom. The molecule has 0 aliphatic rings. The number of aromatic nitrogens is 4. The second kappa shape index (κ2) is 5.98. The van der Waals surface area contributed by atoms with E-state index in [1.54, 1.807) is 7.05 Å². The topological polar surface area (TPSA) is 73.0 Å². The number of aryl methyl sites for hydroxylation is 3. The van der Waals surface area contributed by atoms with Crippen molar-refractivity contribution in [1.29, 1.82) is 0 Å². The Bertz CT molecular complexity index is 717. The third-order valence-corrected chi connectivity index (χ3v) is 5.26. The summed E-state index contributed by atoms with van der Waals surface area (Å²) in [4.78, 5) is 0.215. The van der Waals surface area contributed by atoms with Gasteiger partial charge in [0.05, 0.1) is 11.9 Å². The third-order valence-electron chi connectivity index (χ3n) is 3.39. The molecular formula is C13H21N5O2S. The molecule has 0 bridgehead atoms. The maximum Gasteiger partial charge on any atom is 0.246 e. The van der Waals surface area contributed by atoms with E-state index in [0.29, 0.717) is 13.1 Å². The highest BCUT2D eigenvalue weighted by Gasteiger charge is 2.25. The predicted molar refractivity (Wildman–Crippen MR) is 79.1 cm³/mol. The fourth-order valence-electron chi connectivity index (χ4n) is 2.11. The van der Waals surface area contributed by atoms with E-state index >= 15 is 0 Å². The first-order chi connectivity index (χ1) is 9.88. The van der Waals surface area contributed by atoms with E-state index in [9.17, 15) is 8.42 Å². The van der Waals surface area contributed by atoms with E-state index in [1.165, 1.54) is 21.4 Å². The normalized spacial score (nSPS) is 12.2. The van der Waals surface area contributed by atoms with Gasteiger partial charge in [-0.2, -0.15) is 14.5 Å². The van der Waals surface area contributed by atoms with Gasteiger partial charge in [-0.15, -0.1) is 0 Å². The number of sulfonamides is 1. The molecule has 2 aromatic rings. The summed E-state index contributed by atoms with van der Waals surface area (Å²) in [5.41, 5.74) is 1.78. The maximum atomic E-state index is 12.6. The lowest BCUT2D eigenvalue weighted by Crippen LogP contribution is -2.30. The summed E-state index contributed by atoms with van der Waals surface area (Å²) in [5, 5.41) is 8.29. The first-order valence-electron chi connectivity index (χ1n) is 6.90. The Balaban J connectivity index is 2.29. The zero-order valence-corrected chi connectivity index (χ0v) is 13.6. The van der Waals surface area contributed by atoms with Crippen molar-refractivity contribution in [2.24, 2.45) is 7.05 Å². The van der Waals surface area contributed by atoms with Gasteiger partial charge in [0.2, 0.25) is 10.0 Å². The summed E-state index contributed by atoms with van der Waals surface area (Å²) in [5.74, 6) is 0. The quantitative estimate of drug-likeness (QED) is 0.802. The molecule has 8 heteroatoms. The predicted octanol–water partition coefficient (Wildman–Crippen LogP) is 1.16. The Morgan fingerprint density at radius 2 is 2.00 bits per heavy atom. The molecule has 0 saturated heterocycles. The average Bonchev–Trinajstić information content (AvgIpc) is 3.02. The Morgan fingerprint density at radius 1 is 1.29 bits per heavy atom. The fourth-order valence-corrected chi connectivity index (χ4v) is 3.53. The third kappa shape index (κ3) is 3.16. The van der Waals surface area contributed by atoms with Crippen LogP contribution in [0.1, 0.15) is 25.1 Å². The minimum atomic E-state index is -3.53. The summed E-state index contributed by atoms with van der Waals surface area (Å²) in [7, 11) is -1.83. The van der Waals surface area contributed by atoms with Crippen molar-refractivity contribution < 1.29 is 8.42 Å². The molecule has 0 radical (unpaired) electrons. The van der Waals surface area contributed by atoms with Crippen LogP contribution in [0.25, 0.3) is 0 Å². The van der Waals surface area contributed by atoms with Crippen LogP contribution in [0, 0.1) is 6.92 Å². The van der Waals surface area contributed by atoms with Gasteiger partial charge in [0, 0.05) is 44.6 Å². The molecule has 2 aromatic heterocycles. The molecule has 0 unspecified atom stereocenters. The lowest BCUT2D eigenvalue weighted by Gasteiger charge is -2.19. The van der Waals surface area contributed by atoms with Crippen molar-refractivity contribution in [2.45, 2.75) is 38.8 Å². The van der Waals surface area contributed by atoms with Crippen LogP contribution < -0.4 is 0 Å². The molecule has 7 nitrogen and oxygen atoms in total. The van der Waals surface area contributed by atoms with Crippen LogP contribution >= 0.6 is 0 Å². The van der Waals surface area contributed by atoms with Gasteiger partial charge in [-0.3, -0.25) is 9.36 Å². The molecule has 0 N–H and O–H groups in total. The van der Waals surface area contributed by atoms with Crippen LogP contribution in [0.5, 0.6) is 0 Å². The van der Waals surface area contributed by atoms with E-state index in [1.807, 2.05) is 31.6 Å². The van der Waals surface area contributed by atoms with E-state index in [-0.39, 0.29) is 4.90 Å². The SMILES string of the molecule is CCN(Cc1cn(CC)nc1C)S(=O)(=O)c1cnn(C)c1. The summed E-state index contributed by atoms with van der Waals surface area (Å²) >= 11 is 0. The highest BCUT2D eigenvalue weighted by Crippen LogP contribution is 2.18. The lowest BCUT2D eigenvalue weighted by molar-refractivity contribution is 0.422. The van der Waals surface area contributed by atoms with Crippen LogP contribution in [-0.4, -0.2) is 38.8 Å². The molecule has 21 heavy (non-hydrogen) atoms. The van der Waals surface area contributed by atoms with E-state index in [0.717, 1.165) is 17.8 Å². The first-order valence-corrected chi connectivity index (χ1v) is 8.34.